The van der Waals surface area contributed by atoms with E-state index in [1.54, 1.807) is 0 Å². The van der Waals surface area contributed by atoms with Crippen molar-refractivity contribution in [2.45, 2.75) is 45.6 Å². The van der Waals surface area contributed by atoms with Gasteiger partial charge in [-0.05, 0) is 48.8 Å². The van der Waals surface area contributed by atoms with Gasteiger partial charge in [0.2, 0.25) is 0 Å². The topological polar surface area (TPSA) is 17.8 Å². The largest absolute Gasteiger partial charge is 0.330 e. The van der Waals surface area contributed by atoms with Crippen LogP contribution >= 0.6 is 0 Å². The molecule has 0 spiro atoms. The van der Waals surface area contributed by atoms with E-state index in [9.17, 15) is 0 Å². The van der Waals surface area contributed by atoms with E-state index in [2.05, 4.69) is 41.6 Å². The van der Waals surface area contributed by atoms with Crippen molar-refractivity contribution in [3.63, 3.8) is 0 Å². The summed E-state index contributed by atoms with van der Waals surface area (Å²) in [5, 5.41) is 0. The molecular formula is C15H20N2. The predicted octanol–water partition coefficient (Wildman–Crippen LogP) is 3.96. The lowest BCUT2D eigenvalue weighted by Crippen LogP contribution is -1.98. The zero-order valence-electron chi connectivity index (χ0n) is 10.7. The number of benzene rings is 1. The minimum absolute atomic E-state index is 0.642. The van der Waals surface area contributed by atoms with Gasteiger partial charge in [0.25, 0.3) is 0 Å². The molecule has 1 fully saturated rings. The van der Waals surface area contributed by atoms with Crippen LogP contribution in [0.4, 0.5) is 0 Å². The number of hydrogen-bond acceptors (Lipinski definition) is 1. The maximum Gasteiger partial charge on any atom is 0.0958 e. The summed E-state index contributed by atoms with van der Waals surface area (Å²) < 4.78 is 2.33. The lowest BCUT2D eigenvalue weighted by atomic mass is 9.98. The highest BCUT2D eigenvalue weighted by atomic mass is 15.0. The Morgan fingerprint density at radius 3 is 2.94 bits per heavy atom. The van der Waals surface area contributed by atoms with Gasteiger partial charge in [-0.15, -0.1) is 0 Å². The molecule has 1 atom stereocenters. The summed E-state index contributed by atoms with van der Waals surface area (Å²) in [7, 11) is 0. The van der Waals surface area contributed by atoms with Crippen LogP contribution in [0.1, 0.15) is 44.6 Å². The van der Waals surface area contributed by atoms with Crippen molar-refractivity contribution in [3.8, 4) is 0 Å². The monoisotopic (exact) mass is 228 g/mol. The van der Waals surface area contributed by atoms with Crippen LogP contribution in [0.2, 0.25) is 0 Å². The van der Waals surface area contributed by atoms with Crippen LogP contribution in [0.3, 0.4) is 0 Å². The van der Waals surface area contributed by atoms with Gasteiger partial charge in [0.15, 0.2) is 0 Å². The molecule has 0 saturated heterocycles. The highest BCUT2D eigenvalue weighted by Gasteiger charge is 2.22. The number of nitrogens with zero attached hydrogens (tertiary/aromatic N) is 2. The second-order valence-corrected chi connectivity index (χ2v) is 5.40. The van der Waals surface area contributed by atoms with E-state index in [0.29, 0.717) is 5.92 Å². The molecular weight excluding hydrogens is 208 g/mol. The van der Waals surface area contributed by atoms with Crippen molar-refractivity contribution in [1.82, 2.24) is 9.55 Å². The molecule has 1 heterocycles. The number of imidazole rings is 1. The highest BCUT2D eigenvalue weighted by Crippen LogP contribution is 2.32. The Morgan fingerprint density at radius 2 is 2.24 bits per heavy atom. The molecule has 0 aliphatic heterocycles. The molecule has 0 radical (unpaired) electrons. The molecule has 0 amide bonds. The third-order valence-electron chi connectivity index (χ3n) is 3.98. The standard InChI is InChI=1S/C15H20N2/c1-3-11(2)13-6-7-14-15(8-13)17(10-16-14)9-12-4-5-12/h6-8,10-12H,3-5,9H2,1-2H3. The van der Waals surface area contributed by atoms with Crippen molar-refractivity contribution in [2.75, 3.05) is 0 Å². The van der Waals surface area contributed by atoms with Crippen LogP contribution in [0.15, 0.2) is 24.5 Å². The number of fused-ring (bicyclic) bond motifs is 1. The molecule has 17 heavy (non-hydrogen) atoms. The average molecular weight is 228 g/mol. The van der Waals surface area contributed by atoms with Gasteiger partial charge in [0, 0.05) is 6.54 Å². The molecule has 0 N–H and O–H groups in total. The first kappa shape index (κ1) is 10.8. The van der Waals surface area contributed by atoms with Gasteiger partial charge in [-0.3, -0.25) is 0 Å². The predicted molar refractivity (Wildman–Crippen MR) is 71.2 cm³/mol. The molecule has 2 heteroatoms. The summed E-state index contributed by atoms with van der Waals surface area (Å²) in [6.45, 7) is 5.69. The van der Waals surface area contributed by atoms with E-state index in [-0.39, 0.29) is 0 Å². The van der Waals surface area contributed by atoms with Crippen molar-refractivity contribution in [2.24, 2.45) is 5.92 Å². The number of aromatic nitrogens is 2. The Bertz CT molecular complexity index is 523. The fourth-order valence-electron chi connectivity index (χ4n) is 2.34. The summed E-state index contributed by atoms with van der Waals surface area (Å²) in [6, 6.07) is 6.73. The molecule has 90 valence electrons. The quantitative estimate of drug-likeness (QED) is 0.774. The summed E-state index contributed by atoms with van der Waals surface area (Å²) in [5.74, 6) is 1.54. The maximum absolute atomic E-state index is 4.49. The lowest BCUT2D eigenvalue weighted by molar-refractivity contribution is 0.641. The molecule has 1 aliphatic rings. The van der Waals surface area contributed by atoms with Crippen LogP contribution in [-0.2, 0) is 6.54 Å². The average Bonchev–Trinajstić information content (AvgIpc) is 3.09. The molecule has 1 unspecified atom stereocenters. The van der Waals surface area contributed by atoms with E-state index in [0.717, 1.165) is 18.0 Å². The fraction of sp³-hybridized carbons (Fsp3) is 0.533. The maximum atomic E-state index is 4.49. The van der Waals surface area contributed by atoms with Gasteiger partial charge in [-0.1, -0.05) is 19.9 Å². The Morgan fingerprint density at radius 1 is 1.41 bits per heavy atom. The minimum Gasteiger partial charge on any atom is -0.330 e. The molecule has 1 aromatic heterocycles. The van der Waals surface area contributed by atoms with Crippen LogP contribution in [0, 0.1) is 5.92 Å². The smallest absolute Gasteiger partial charge is 0.0958 e. The zero-order chi connectivity index (χ0) is 11.8. The van der Waals surface area contributed by atoms with E-state index in [1.807, 2.05) is 6.33 Å². The van der Waals surface area contributed by atoms with Gasteiger partial charge < -0.3 is 4.57 Å². The Kier molecular flexibility index (Phi) is 2.65. The van der Waals surface area contributed by atoms with Crippen molar-refractivity contribution >= 4 is 11.0 Å². The van der Waals surface area contributed by atoms with Gasteiger partial charge in [-0.25, -0.2) is 4.98 Å². The second-order valence-electron chi connectivity index (χ2n) is 5.40. The summed E-state index contributed by atoms with van der Waals surface area (Å²) in [6.07, 6.45) is 5.99. The zero-order valence-corrected chi connectivity index (χ0v) is 10.7. The Labute approximate surface area is 103 Å². The Balaban J connectivity index is 1.99. The summed E-state index contributed by atoms with van der Waals surface area (Å²) >= 11 is 0. The third kappa shape index (κ3) is 2.08. The Hall–Kier alpha value is -1.31. The van der Waals surface area contributed by atoms with Gasteiger partial charge in [-0.2, -0.15) is 0 Å². The molecule has 1 aromatic carbocycles. The summed E-state index contributed by atoms with van der Waals surface area (Å²) in [4.78, 5) is 4.49. The first-order valence-electron chi connectivity index (χ1n) is 6.72. The van der Waals surface area contributed by atoms with Crippen molar-refractivity contribution < 1.29 is 0 Å². The molecule has 1 saturated carbocycles. The molecule has 1 aliphatic carbocycles. The van der Waals surface area contributed by atoms with Crippen LogP contribution < -0.4 is 0 Å². The van der Waals surface area contributed by atoms with Crippen molar-refractivity contribution in [1.29, 1.82) is 0 Å². The second kappa shape index (κ2) is 4.17. The van der Waals surface area contributed by atoms with Gasteiger partial charge in [0.1, 0.15) is 0 Å². The fourth-order valence-corrected chi connectivity index (χ4v) is 2.34. The SMILES string of the molecule is CCC(C)c1ccc2ncn(CC3CC3)c2c1. The third-order valence-corrected chi connectivity index (χ3v) is 3.98. The minimum atomic E-state index is 0.642. The number of hydrogen-bond donors (Lipinski definition) is 0. The van der Waals surface area contributed by atoms with E-state index < -0.39 is 0 Å². The van der Waals surface area contributed by atoms with E-state index >= 15 is 0 Å². The molecule has 2 nitrogen and oxygen atoms in total. The molecule has 3 rings (SSSR count). The highest BCUT2D eigenvalue weighted by molar-refractivity contribution is 5.76. The summed E-state index contributed by atoms with van der Waals surface area (Å²) in [5.41, 5.74) is 3.89. The first-order chi connectivity index (χ1) is 8.28. The molecule has 0 bridgehead atoms. The lowest BCUT2D eigenvalue weighted by Gasteiger charge is -2.10. The van der Waals surface area contributed by atoms with Gasteiger partial charge >= 0.3 is 0 Å². The number of rotatable bonds is 4. The first-order valence-corrected chi connectivity index (χ1v) is 6.72. The van der Waals surface area contributed by atoms with Crippen LogP contribution in [0.25, 0.3) is 11.0 Å². The van der Waals surface area contributed by atoms with Crippen molar-refractivity contribution in [3.05, 3.63) is 30.1 Å². The van der Waals surface area contributed by atoms with Crippen LogP contribution in [0.5, 0.6) is 0 Å². The van der Waals surface area contributed by atoms with Gasteiger partial charge in [0.05, 0.1) is 17.4 Å². The molecule has 2 aromatic rings. The normalized spacial score (nSPS) is 17.5. The van der Waals surface area contributed by atoms with E-state index in [1.165, 1.54) is 30.3 Å². The van der Waals surface area contributed by atoms with Crippen LogP contribution in [-0.4, -0.2) is 9.55 Å². The van der Waals surface area contributed by atoms with E-state index in [4.69, 9.17) is 0 Å².